The molecule has 5 aromatic rings. The van der Waals surface area contributed by atoms with Crippen LogP contribution in [-0.2, 0) is 68.8 Å². The molecule has 26 nitrogen and oxygen atoms in total. The van der Waals surface area contributed by atoms with Crippen molar-refractivity contribution in [3.8, 4) is 0 Å². The number of imidazole rings is 1. The highest BCUT2D eigenvalue weighted by Crippen LogP contribution is 2.24. The van der Waals surface area contributed by atoms with E-state index >= 15 is 0 Å². The molecule has 0 radical (unpaired) electrons. The maximum atomic E-state index is 14.8. The zero-order chi connectivity index (χ0) is 59.8. The summed E-state index contributed by atoms with van der Waals surface area (Å²) >= 11 is 0. The zero-order valence-corrected chi connectivity index (χ0v) is 47.3. The summed E-state index contributed by atoms with van der Waals surface area (Å²) in [6, 6.07) is 14.2. The molecule has 3 heterocycles. The topological polar surface area (TPSA) is 431 Å². The Labute approximate surface area is 486 Å². The Bertz CT molecular complexity index is 3020. The van der Waals surface area contributed by atoms with Crippen LogP contribution in [0.1, 0.15) is 55.0 Å². The van der Waals surface area contributed by atoms with Crippen LogP contribution in [-0.4, -0.2) is 158 Å². The summed E-state index contributed by atoms with van der Waals surface area (Å²) in [5.74, 6) is -7.77. The predicted molar refractivity (Wildman–Crippen MR) is 314 cm³/mol. The molecule has 6 rings (SSSR count). The molecule has 1 aliphatic rings. The average Bonchev–Trinajstić information content (AvgIpc) is 4.25. The summed E-state index contributed by atoms with van der Waals surface area (Å²) < 4.78 is 0. The van der Waals surface area contributed by atoms with Crippen molar-refractivity contribution in [2.45, 2.75) is 113 Å². The van der Waals surface area contributed by atoms with Gasteiger partial charge in [0.1, 0.15) is 42.3 Å². The molecule has 0 aliphatic carbocycles. The number of hydrogen-bond donors (Lipinski definition) is 15. The van der Waals surface area contributed by atoms with Crippen LogP contribution in [0.3, 0.4) is 0 Å². The third-order valence-electron chi connectivity index (χ3n) is 13.3. The lowest BCUT2D eigenvalue weighted by atomic mass is 10.0. The van der Waals surface area contributed by atoms with Gasteiger partial charge in [-0.15, -0.1) is 0 Å². The first kappa shape index (κ1) is 63.7. The van der Waals surface area contributed by atoms with Crippen LogP contribution in [0.15, 0.2) is 109 Å². The Hall–Kier alpha value is -8.47. The minimum absolute atomic E-state index is 0.0247. The van der Waals surface area contributed by atoms with Gasteiger partial charge in [-0.25, -0.2) is 4.98 Å². The molecule has 3 aromatic carbocycles. The van der Waals surface area contributed by atoms with Crippen LogP contribution in [0.25, 0.3) is 10.9 Å². The highest BCUT2D eigenvalue weighted by Gasteiger charge is 2.35. The Morgan fingerprint density at radius 1 is 0.735 bits per heavy atom. The average molecular weight is 1180 g/mol. The number of aromatic amines is 2. The highest BCUT2D eigenvalue weighted by molar-refractivity contribution is 8.76. The summed E-state index contributed by atoms with van der Waals surface area (Å²) in [7, 11) is 2.02. The number of carbonyl (C=O) groups excluding carboxylic acids is 9. The van der Waals surface area contributed by atoms with Crippen molar-refractivity contribution in [1.82, 2.24) is 57.5 Å². The third-order valence-corrected chi connectivity index (χ3v) is 15.7. The van der Waals surface area contributed by atoms with Gasteiger partial charge in [0.25, 0.3) is 0 Å². The van der Waals surface area contributed by atoms with E-state index in [0.29, 0.717) is 16.8 Å². The fourth-order valence-corrected chi connectivity index (χ4v) is 11.2. The van der Waals surface area contributed by atoms with Gasteiger partial charge in [-0.3, -0.25) is 48.1 Å². The SMILES string of the molecule is C[C@@H](O)[C@H](NC(=O)[C@H]1CSSC[C@H](NC(=O)[C@H](N)Cc2ccccc2)C(=O)N[C@@H](Cc2cnc[nH]2)C(=O)N[C@H](Cc2ccccc2)C(=O)N[C@@H](CCCN=C(N)N)C(=O)N[C@@H](Cc2c[nH]c3ccccc23)C(=O)NCCCC(=O)N1)C(N)=O. The van der Waals surface area contributed by atoms with E-state index in [2.05, 4.69) is 62.5 Å². The number of primary amides is 1. The van der Waals surface area contributed by atoms with E-state index in [1.54, 1.807) is 66.9 Å². The molecule has 28 heteroatoms. The molecule has 9 atom stereocenters. The maximum absolute atomic E-state index is 14.8. The quantitative estimate of drug-likeness (QED) is 0.0197. The first-order valence-electron chi connectivity index (χ1n) is 26.9. The minimum Gasteiger partial charge on any atom is -0.391 e. The van der Waals surface area contributed by atoms with E-state index in [9.17, 15) is 48.3 Å². The number of guanidine groups is 1. The van der Waals surface area contributed by atoms with Crippen molar-refractivity contribution in [2.75, 3.05) is 24.6 Å². The summed E-state index contributed by atoms with van der Waals surface area (Å²) in [5, 5.41) is 32.7. The molecule has 9 amide bonds. The maximum Gasteiger partial charge on any atom is 0.244 e. The van der Waals surface area contributed by atoms with Gasteiger partial charge in [0.05, 0.1) is 18.5 Å². The van der Waals surface area contributed by atoms with Crippen molar-refractivity contribution in [3.05, 3.63) is 126 Å². The Morgan fingerprint density at radius 3 is 2.01 bits per heavy atom. The van der Waals surface area contributed by atoms with Gasteiger partial charge in [-0.1, -0.05) is 100 Å². The van der Waals surface area contributed by atoms with E-state index in [0.717, 1.165) is 38.1 Å². The number of aliphatic hydroxyl groups excluding tert-OH is 1. The molecular formula is C55H72N16O10S2. The monoisotopic (exact) mass is 1180 g/mol. The Balaban J connectivity index is 1.37. The van der Waals surface area contributed by atoms with Gasteiger partial charge in [0, 0.05) is 79.3 Å². The number of fused-ring (bicyclic) bond motifs is 1. The Kier molecular flexibility index (Phi) is 24.7. The summed E-state index contributed by atoms with van der Waals surface area (Å²) in [6.07, 6.45) is 2.83. The minimum atomic E-state index is -1.53. The summed E-state index contributed by atoms with van der Waals surface area (Å²) in [4.78, 5) is 141. The molecule has 1 fully saturated rings. The molecule has 2 aromatic heterocycles. The number of rotatable bonds is 18. The predicted octanol–water partition coefficient (Wildman–Crippen LogP) is -1.91. The lowest BCUT2D eigenvalue weighted by Gasteiger charge is -2.27. The smallest absolute Gasteiger partial charge is 0.244 e. The van der Waals surface area contributed by atoms with Crippen LogP contribution >= 0.6 is 21.6 Å². The van der Waals surface area contributed by atoms with Crippen LogP contribution in [0.4, 0.5) is 0 Å². The molecular weight excluding hydrogens is 1110 g/mol. The van der Waals surface area contributed by atoms with Gasteiger partial charge in [-0.05, 0) is 55.4 Å². The molecule has 0 spiro atoms. The molecule has 19 N–H and O–H groups in total. The molecule has 0 unspecified atom stereocenters. The van der Waals surface area contributed by atoms with E-state index in [1.807, 2.05) is 24.3 Å². The molecule has 444 valence electrons. The lowest BCUT2D eigenvalue weighted by molar-refractivity contribution is -0.135. The third kappa shape index (κ3) is 20.5. The molecule has 0 bridgehead atoms. The number of aliphatic imine (C=N–C) groups is 1. The number of aliphatic hydroxyl groups is 1. The van der Waals surface area contributed by atoms with Crippen LogP contribution in [0, 0.1) is 0 Å². The zero-order valence-electron chi connectivity index (χ0n) is 45.6. The lowest BCUT2D eigenvalue weighted by Crippen LogP contribution is -2.60. The molecule has 0 saturated carbocycles. The van der Waals surface area contributed by atoms with Gasteiger partial charge in [0.2, 0.25) is 53.2 Å². The van der Waals surface area contributed by atoms with E-state index in [4.69, 9.17) is 22.9 Å². The van der Waals surface area contributed by atoms with Gasteiger partial charge >= 0.3 is 0 Å². The van der Waals surface area contributed by atoms with Crippen molar-refractivity contribution in [3.63, 3.8) is 0 Å². The number of nitrogens with zero attached hydrogens (tertiary/aromatic N) is 2. The number of benzene rings is 3. The van der Waals surface area contributed by atoms with Gasteiger partial charge in [0.15, 0.2) is 5.96 Å². The van der Waals surface area contributed by atoms with Crippen molar-refractivity contribution in [2.24, 2.45) is 27.9 Å². The number of nitrogens with two attached hydrogens (primary N) is 4. The number of para-hydroxylation sites is 1. The van der Waals surface area contributed by atoms with Crippen LogP contribution < -0.4 is 65.5 Å². The second-order valence-corrected chi connectivity index (χ2v) is 22.4. The molecule has 1 saturated heterocycles. The Morgan fingerprint density at radius 2 is 1.35 bits per heavy atom. The van der Waals surface area contributed by atoms with Gasteiger partial charge in [-0.2, -0.15) is 0 Å². The number of aromatic nitrogens is 3. The fourth-order valence-electron chi connectivity index (χ4n) is 8.85. The number of amides is 9. The fraction of sp³-hybridized carbons (Fsp3) is 0.400. The van der Waals surface area contributed by atoms with E-state index in [1.165, 1.54) is 19.4 Å². The van der Waals surface area contributed by atoms with Crippen LogP contribution in [0.2, 0.25) is 0 Å². The molecule has 83 heavy (non-hydrogen) atoms. The highest BCUT2D eigenvalue weighted by atomic mass is 33.1. The summed E-state index contributed by atoms with van der Waals surface area (Å²) in [5.41, 5.74) is 26.3. The molecule has 1 aliphatic heterocycles. The second-order valence-electron chi connectivity index (χ2n) is 19.8. The summed E-state index contributed by atoms with van der Waals surface area (Å²) in [6.45, 7) is 1.23. The van der Waals surface area contributed by atoms with Crippen molar-refractivity contribution >= 4 is 91.6 Å². The number of hydrogen-bond acceptors (Lipinski definition) is 15. The van der Waals surface area contributed by atoms with E-state index in [-0.39, 0.29) is 81.9 Å². The largest absolute Gasteiger partial charge is 0.391 e. The van der Waals surface area contributed by atoms with Gasteiger partial charge < -0.3 is 80.5 Å². The normalized spacial score (nSPS) is 21.3. The van der Waals surface area contributed by atoms with Crippen molar-refractivity contribution < 1.29 is 48.3 Å². The first-order valence-corrected chi connectivity index (χ1v) is 29.4. The first-order chi connectivity index (χ1) is 39.8. The number of carbonyl (C=O) groups is 9. The standard InChI is InChI=1S/C55H72N16O10S2/c1-31(72)46(47(57)74)71-54(81)43-28-82-83-29-44(70-48(75)37(56)22-32-12-4-2-5-13-32)53(80)69-42(25-35-27-60-30-64-35)52(79)67-40(23-33-14-6-3-7-15-33)51(78)66-39(18-10-21-62-55(58)59)50(77)68-41(49(76)61-20-11-19-45(73)65-43)24-34-26-63-38-17-9-8-16-36(34)38/h2-9,12-17,26-27,30-31,37,39-44,46,63,72H,10-11,18-25,28-29,56H2,1H3,(H2,57,74)(H,60,64)(H,61,76)(H,65,73)(H,66,78)(H,67,79)(H,68,77)(H,69,80)(H,70,75)(H,71,81)(H4,58,59,62)/t31-,37-,39+,40-,41+,42+,43-,44+,46+/m1/s1. The van der Waals surface area contributed by atoms with Crippen molar-refractivity contribution in [1.29, 1.82) is 0 Å². The number of nitrogens with one attached hydrogen (secondary N) is 10. The second kappa shape index (κ2) is 32.2. The van der Waals surface area contributed by atoms with Crippen LogP contribution in [0.5, 0.6) is 0 Å². The van der Waals surface area contributed by atoms with E-state index < -0.39 is 108 Å². The number of H-pyrrole nitrogens is 2.